The molecular formula is C6H10NNa3O12S3. The van der Waals surface area contributed by atoms with Crippen molar-refractivity contribution in [2.45, 2.75) is 31.0 Å². The zero-order valence-electron chi connectivity index (χ0n) is 13.4. The second-order valence-electron chi connectivity index (χ2n) is 4.00. The number of rotatable bonds is 7. The molecule has 19 heteroatoms. The van der Waals surface area contributed by atoms with Crippen LogP contribution in [0.1, 0.15) is 6.42 Å². The van der Waals surface area contributed by atoms with E-state index in [1.54, 1.807) is 4.72 Å². The maximum Gasteiger partial charge on any atom is 1.00 e. The van der Waals surface area contributed by atoms with Crippen molar-refractivity contribution in [2.24, 2.45) is 0 Å². The first-order chi connectivity index (χ1) is 9.87. The molecule has 0 bridgehead atoms. The van der Waals surface area contributed by atoms with Gasteiger partial charge < -0.3 is 23.5 Å². The zero-order valence-corrected chi connectivity index (χ0v) is 21.8. The average Bonchev–Trinajstić information content (AvgIpc) is 2.27. The Kier molecular flexibility index (Phi) is 18.0. The minimum atomic E-state index is -5.26. The van der Waals surface area contributed by atoms with Crippen molar-refractivity contribution in [3.63, 3.8) is 0 Å². The number of aliphatic hydroxyl groups excluding tert-OH is 1. The summed E-state index contributed by atoms with van der Waals surface area (Å²) in [6, 6.07) is -1.65. The van der Waals surface area contributed by atoms with Gasteiger partial charge in [-0.3, -0.25) is 12.6 Å². The van der Waals surface area contributed by atoms with Gasteiger partial charge in [0.2, 0.25) is 20.8 Å². The summed E-state index contributed by atoms with van der Waals surface area (Å²) in [6.45, 7) is -0.894. The van der Waals surface area contributed by atoms with Crippen molar-refractivity contribution < 1.29 is 142 Å². The van der Waals surface area contributed by atoms with E-state index in [2.05, 4.69) is 8.37 Å². The van der Waals surface area contributed by atoms with Crippen LogP contribution in [0, 0.1) is 0 Å². The van der Waals surface area contributed by atoms with Crippen LogP contribution in [0.3, 0.4) is 0 Å². The van der Waals surface area contributed by atoms with Crippen molar-refractivity contribution in [3.8, 4) is 0 Å². The van der Waals surface area contributed by atoms with Crippen molar-refractivity contribution in [2.75, 3.05) is 6.61 Å². The Hall–Kier alpha value is 2.73. The van der Waals surface area contributed by atoms with Crippen LogP contribution in [0.2, 0.25) is 0 Å². The van der Waals surface area contributed by atoms with Crippen molar-refractivity contribution in [1.82, 2.24) is 4.72 Å². The van der Waals surface area contributed by atoms with E-state index in [1.165, 1.54) is 0 Å². The minimum absolute atomic E-state index is 0. The van der Waals surface area contributed by atoms with Gasteiger partial charge in [-0.25, -0.2) is 21.6 Å². The second-order valence-corrected chi connectivity index (χ2v) is 6.76. The number of aliphatic hydroxyl groups is 1. The van der Waals surface area contributed by atoms with Gasteiger partial charge in [-0.1, -0.05) is 0 Å². The summed E-state index contributed by atoms with van der Waals surface area (Å²) >= 11 is -2.96. The SMILES string of the molecule is O=S([O-])NC1C(O)OC(COS(=O)(=O)[O-])C[C@@H]1OS(=O)(=O)[O-].[Na+].[Na+].[Na+]. The molecule has 2 N–H and O–H groups in total. The van der Waals surface area contributed by atoms with Crippen LogP contribution in [0.15, 0.2) is 0 Å². The van der Waals surface area contributed by atoms with Gasteiger partial charge in [-0.15, -0.1) is 0 Å². The first-order valence-corrected chi connectivity index (χ1v) is 9.05. The third-order valence-corrected chi connectivity index (χ3v) is 3.78. The molecule has 25 heavy (non-hydrogen) atoms. The first kappa shape index (κ1) is 32.4. The van der Waals surface area contributed by atoms with E-state index in [4.69, 9.17) is 4.74 Å². The second kappa shape index (κ2) is 13.9. The fraction of sp³-hybridized carbons (Fsp3) is 1.00. The quantitative estimate of drug-likeness (QED) is 0.159. The third kappa shape index (κ3) is 14.4. The molecule has 1 aliphatic heterocycles. The van der Waals surface area contributed by atoms with E-state index in [1.807, 2.05) is 0 Å². The molecule has 0 radical (unpaired) electrons. The Balaban J connectivity index is -0.00000161. The van der Waals surface area contributed by atoms with Gasteiger partial charge in [0.05, 0.1) is 24.9 Å². The van der Waals surface area contributed by atoms with Gasteiger partial charge >= 0.3 is 88.7 Å². The van der Waals surface area contributed by atoms with Gasteiger partial charge in [0.25, 0.3) is 0 Å². The Morgan fingerprint density at radius 3 is 2.08 bits per heavy atom. The standard InChI is InChI=1S/C6H13NO12S3.3Na/c8-6-5(7-20(9)10)4(19-22(14,15)16)1-3(18-6)2-17-21(11,12)13;;;/h3-8H,1-2H2,(H,9,10)(H,11,12,13)(H,14,15,16);;;/q;3*+1/p-3/t3?,4-,5?,6?;;;/m0.../s1. The van der Waals surface area contributed by atoms with Gasteiger partial charge in [-0.2, -0.15) is 0 Å². The molecular weight excluding hydrogens is 443 g/mol. The van der Waals surface area contributed by atoms with Gasteiger partial charge in [-0.05, 0) is 0 Å². The molecule has 1 saturated heterocycles. The Morgan fingerprint density at radius 1 is 1.16 bits per heavy atom. The molecule has 0 aromatic heterocycles. The van der Waals surface area contributed by atoms with Crippen molar-refractivity contribution >= 4 is 32.1 Å². The molecule has 1 rings (SSSR count). The zero-order chi connectivity index (χ0) is 17.1. The van der Waals surface area contributed by atoms with E-state index in [-0.39, 0.29) is 88.7 Å². The van der Waals surface area contributed by atoms with Crippen LogP contribution >= 0.6 is 0 Å². The summed E-state index contributed by atoms with van der Waals surface area (Å²) in [7, 11) is -10.3. The van der Waals surface area contributed by atoms with Crippen LogP contribution in [0.5, 0.6) is 0 Å². The first-order valence-electron chi connectivity index (χ1n) is 5.30. The van der Waals surface area contributed by atoms with Crippen molar-refractivity contribution in [3.05, 3.63) is 0 Å². The summed E-state index contributed by atoms with van der Waals surface area (Å²) in [5.41, 5.74) is 0. The number of hydrogen-bond acceptors (Lipinski definition) is 12. The van der Waals surface area contributed by atoms with Crippen LogP contribution in [-0.2, 0) is 45.2 Å². The topological polar surface area (TPSA) is 214 Å². The molecule has 1 aliphatic rings. The molecule has 0 aromatic carbocycles. The maximum atomic E-state index is 10.6. The third-order valence-electron chi connectivity index (χ3n) is 2.41. The summed E-state index contributed by atoms with van der Waals surface area (Å²) in [4.78, 5) is 0. The molecule has 1 heterocycles. The Morgan fingerprint density at radius 2 is 1.68 bits per heavy atom. The molecule has 132 valence electrons. The number of nitrogens with one attached hydrogen (secondary N) is 1. The molecule has 0 aromatic rings. The predicted octanol–water partition coefficient (Wildman–Crippen LogP) is -12.8. The molecule has 0 spiro atoms. The van der Waals surface area contributed by atoms with Crippen LogP contribution in [-0.4, -0.2) is 71.0 Å². The summed E-state index contributed by atoms with van der Waals surface area (Å²) in [6.07, 6.45) is -5.58. The van der Waals surface area contributed by atoms with E-state index in [0.717, 1.165) is 0 Å². The van der Waals surface area contributed by atoms with Gasteiger partial charge in [0, 0.05) is 17.7 Å². The Bertz CT molecular complexity index is 614. The van der Waals surface area contributed by atoms with E-state index < -0.39 is 69.6 Å². The maximum absolute atomic E-state index is 10.6. The molecule has 4 unspecified atom stereocenters. The average molecular weight is 453 g/mol. The summed E-state index contributed by atoms with van der Waals surface area (Å²) in [5, 5.41) is 9.57. The number of ether oxygens (including phenoxy) is 1. The van der Waals surface area contributed by atoms with Gasteiger partial charge in [0.15, 0.2) is 6.29 Å². The molecule has 1 fully saturated rings. The smallest absolute Gasteiger partial charge is 0.760 e. The van der Waals surface area contributed by atoms with Crippen LogP contribution < -0.4 is 93.4 Å². The van der Waals surface area contributed by atoms with E-state index >= 15 is 0 Å². The normalized spacial score (nSPS) is 28.0. The fourth-order valence-corrected chi connectivity index (χ4v) is 3.00. The van der Waals surface area contributed by atoms with E-state index in [0.29, 0.717) is 0 Å². The van der Waals surface area contributed by atoms with Crippen molar-refractivity contribution in [1.29, 1.82) is 0 Å². The van der Waals surface area contributed by atoms with Gasteiger partial charge in [0.1, 0.15) is 0 Å². The van der Waals surface area contributed by atoms with Crippen LogP contribution in [0.4, 0.5) is 0 Å². The molecule has 0 saturated carbocycles. The molecule has 13 nitrogen and oxygen atoms in total. The monoisotopic (exact) mass is 453 g/mol. The fourth-order valence-electron chi connectivity index (χ4n) is 1.69. The Labute approximate surface area is 213 Å². The summed E-state index contributed by atoms with van der Waals surface area (Å²) < 4.78 is 98.2. The largest absolute Gasteiger partial charge is 1.00 e. The predicted molar refractivity (Wildman–Crippen MR) is 61.6 cm³/mol. The molecule has 0 aliphatic carbocycles. The van der Waals surface area contributed by atoms with E-state index in [9.17, 15) is 39.8 Å². The van der Waals surface area contributed by atoms with Crippen LogP contribution in [0.25, 0.3) is 0 Å². The number of hydrogen-bond donors (Lipinski definition) is 2. The minimum Gasteiger partial charge on any atom is -0.760 e. The molecule has 5 atom stereocenters. The summed E-state index contributed by atoms with van der Waals surface area (Å²) in [5.74, 6) is 0. The molecule has 0 amide bonds.